The van der Waals surface area contributed by atoms with E-state index in [1.165, 1.54) is 22.5 Å². The topological polar surface area (TPSA) is 36.3 Å². The number of nitrogens with one attached hydrogen (secondary N) is 1. The average molecular weight is 434 g/mol. The van der Waals surface area contributed by atoms with Gasteiger partial charge in [-0.25, -0.2) is 0 Å². The maximum atomic E-state index is 5.80. The second-order valence-corrected chi connectivity index (χ2v) is 8.91. The van der Waals surface area contributed by atoms with Crippen LogP contribution in [0, 0.1) is 13.8 Å². The van der Waals surface area contributed by atoms with Crippen molar-refractivity contribution in [2.24, 2.45) is 0 Å². The Morgan fingerprint density at radius 3 is 2.48 bits per heavy atom. The first-order valence-electron chi connectivity index (χ1n) is 10.8. The molecule has 5 nitrogen and oxygen atoms in total. The van der Waals surface area contributed by atoms with E-state index in [1.807, 2.05) is 18.3 Å². The highest BCUT2D eigenvalue weighted by molar-refractivity contribution is 7.80. The molecular weight excluding hydrogens is 402 g/mol. The quantitative estimate of drug-likeness (QED) is 0.568. The number of likely N-dealkylation sites (N-methyl/N-ethyl adjacent to an activating group) is 1. The fourth-order valence-electron chi connectivity index (χ4n) is 4.43. The van der Waals surface area contributed by atoms with Crippen LogP contribution in [0.3, 0.4) is 0 Å². The first-order valence-corrected chi connectivity index (χ1v) is 11.2. The first-order chi connectivity index (χ1) is 15.0. The lowest BCUT2D eigenvalue weighted by Gasteiger charge is -2.29. The van der Waals surface area contributed by atoms with Gasteiger partial charge in [0.2, 0.25) is 0 Å². The van der Waals surface area contributed by atoms with Gasteiger partial charge in [-0.3, -0.25) is 4.98 Å². The van der Waals surface area contributed by atoms with Crippen molar-refractivity contribution in [3.05, 3.63) is 89.0 Å². The molecule has 1 aliphatic rings. The third-order valence-electron chi connectivity index (χ3n) is 6.10. The van der Waals surface area contributed by atoms with Gasteiger partial charge < -0.3 is 19.7 Å². The summed E-state index contributed by atoms with van der Waals surface area (Å²) < 4.78 is 2.41. The third kappa shape index (κ3) is 4.50. The molecule has 0 unspecified atom stereocenters. The van der Waals surface area contributed by atoms with Gasteiger partial charge in [0.25, 0.3) is 0 Å². The summed E-state index contributed by atoms with van der Waals surface area (Å²) in [5.41, 5.74) is 6.20. The Labute approximate surface area is 190 Å². The molecule has 4 rings (SSSR count). The molecule has 0 bridgehead atoms. The van der Waals surface area contributed by atoms with Crippen LogP contribution < -0.4 is 5.32 Å². The van der Waals surface area contributed by atoms with Gasteiger partial charge in [0.15, 0.2) is 5.11 Å². The Balaban J connectivity index is 1.73. The minimum atomic E-state index is 0.0292. The molecule has 3 heterocycles. The van der Waals surface area contributed by atoms with Gasteiger partial charge in [0, 0.05) is 37.2 Å². The number of hydrogen-bond acceptors (Lipinski definition) is 3. The van der Waals surface area contributed by atoms with E-state index in [4.69, 9.17) is 12.2 Å². The molecule has 0 radical (unpaired) electrons. The molecular formula is C25H31N5S. The molecule has 6 heteroatoms. The molecule has 1 fully saturated rings. The molecule has 0 amide bonds. The second kappa shape index (κ2) is 9.20. The fraction of sp³-hybridized carbons (Fsp3) is 0.360. The maximum Gasteiger partial charge on any atom is 0.170 e. The Morgan fingerprint density at radius 2 is 1.81 bits per heavy atom. The lowest BCUT2D eigenvalue weighted by Crippen LogP contribution is -2.35. The Bertz CT molecular complexity index is 1030. The smallest absolute Gasteiger partial charge is 0.170 e. The predicted molar refractivity (Wildman–Crippen MR) is 130 cm³/mol. The average Bonchev–Trinajstić information content (AvgIpc) is 3.24. The molecule has 0 saturated carbocycles. The number of rotatable bonds is 7. The van der Waals surface area contributed by atoms with Crippen molar-refractivity contribution < 1.29 is 0 Å². The summed E-state index contributed by atoms with van der Waals surface area (Å²) in [4.78, 5) is 9.20. The number of benzene rings is 1. The minimum absolute atomic E-state index is 0.0292. The molecule has 2 aromatic heterocycles. The van der Waals surface area contributed by atoms with Crippen LogP contribution in [-0.2, 0) is 6.54 Å². The summed E-state index contributed by atoms with van der Waals surface area (Å²) in [6.07, 6.45) is 1.86. The van der Waals surface area contributed by atoms with Crippen LogP contribution in [-0.4, -0.2) is 51.6 Å². The van der Waals surface area contributed by atoms with Gasteiger partial charge in [-0.05, 0) is 69.5 Å². The third-order valence-corrected chi connectivity index (χ3v) is 6.45. The van der Waals surface area contributed by atoms with Crippen molar-refractivity contribution in [1.82, 2.24) is 24.7 Å². The monoisotopic (exact) mass is 433 g/mol. The zero-order valence-electron chi connectivity index (χ0n) is 18.7. The van der Waals surface area contributed by atoms with Crippen molar-refractivity contribution in [3.63, 3.8) is 0 Å². The molecule has 1 aliphatic heterocycles. The van der Waals surface area contributed by atoms with Crippen LogP contribution in [0.25, 0.3) is 0 Å². The Morgan fingerprint density at radius 1 is 1.06 bits per heavy atom. The summed E-state index contributed by atoms with van der Waals surface area (Å²) in [6, 6.07) is 19.2. The predicted octanol–water partition coefficient (Wildman–Crippen LogP) is 4.08. The number of hydrogen-bond donors (Lipinski definition) is 1. The van der Waals surface area contributed by atoms with E-state index in [9.17, 15) is 0 Å². The van der Waals surface area contributed by atoms with Crippen LogP contribution >= 0.6 is 12.2 Å². The number of aryl methyl sites for hydroxylation is 1. The summed E-state index contributed by atoms with van der Waals surface area (Å²) in [5.74, 6) is 0. The van der Waals surface area contributed by atoms with E-state index in [1.54, 1.807) is 0 Å². The normalized spacial score (nSPS) is 18.6. The van der Waals surface area contributed by atoms with Gasteiger partial charge in [0.05, 0.1) is 17.8 Å². The molecule has 1 aromatic carbocycles. The zero-order chi connectivity index (χ0) is 22.0. The van der Waals surface area contributed by atoms with Crippen LogP contribution in [0.1, 0.15) is 40.3 Å². The first kappa shape index (κ1) is 21.5. The van der Waals surface area contributed by atoms with Crippen molar-refractivity contribution in [1.29, 1.82) is 0 Å². The van der Waals surface area contributed by atoms with Gasteiger partial charge in [-0.15, -0.1) is 0 Å². The highest BCUT2D eigenvalue weighted by Gasteiger charge is 2.41. The standard InChI is InChI=1S/C25H31N5S/c1-18-16-21(19(2)30(18)17-20-10-6-5-7-11-20)24-23(22-12-8-9-13-26-22)27-25(31)29(24)15-14-28(3)4/h5-13,16,23-24H,14-15,17H2,1-4H3,(H,27,31)/t23-,24+/m1/s1. The molecule has 31 heavy (non-hydrogen) atoms. The molecule has 1 N–H and O–H groups in total. The fourth-order valence-corrected chi connectivity index (χ4v) is 4.76. The zero-order valence-corrected chi connectivity index (χ0v) is 19.6. The lowest BCUT2D eigenvalue weighted by atomic mass is 9.97. The van der Waals surface area contributed by atoms with Gasteiger partial charge >= 0.3 is 0 Å². The van der Waals surface area contributed by atoms with E-state index in [-0.39, 0.29) is 12.1 Å². The summed E-state index contributed by atoms with van der Waals surface area (Å²) in [5, 5.41) is 4.37. The molecule has 0 spiro atoms. The van der Waals surface area contributed by atoms with E-state index in [0.717, 1.165) is 30.4 Å². The molecule has 3 aromatic rings. The molecule has 2 atom stereocenters. The number of pyridine rings is 1. The Hall–Kier alpha value is -2.70. The summed E-state index contributed by atoms with van der Waals surface area (Å²) >= 11 is 5.80. The van der Waals surface area contributed by atoms with E-state index >= 15 is 0 Å². The van der Waals surface area contributed by atoms with Gasteiger partial charge in [-0.1, -0.05) is 36.4 Å². The molecule has 1 saturated heterocycles. The van der Waals surface area contributed by atoms with Gasteiger partial charge in [-0.2, -0.15) is 0 Å². The molecule has 0 aliphatic carbocycles. The second-order valence-electron chi connectivity index (χ2n) is 8.52. The van der Waals surface area contributed by atoms with E-state index in [2.05, 4.69) is 95.1 Å². The van der Waals surface area contributed by atoms with E-state index < -0.39 is 0 Å². The number of nitrogens with zero attached hydrogens (tertiary/aromatic N) is 4. The maximum absolute atomic E-state index is 5.80. The summed E-state index contributed by atoms with van der Waals surface area (Å²) in [7, 11) is 4.20. The van der Waals surface area contributed by atoms with E-state index in [0.29, 0.717) is 0 Å². The van der Waals surface area contributed by atoms with Crippen molar-refractivity contribution in [2.45, 2.75) is 32.5 Å². The van der Waals surface area contributed by atoms with Crippen molar-refractivity contribution >= 4 is 17.3 Å². The summed E-state index contributed by atoms with van der Waals surface area (Å²) in [6.45, 7) is 7.10. The van der Waals surface area contributed by atoms with Crippen LogP contribution in [0.5, 0.6) is 0 Å². The van der Waals surface area contributed by atoms with Crippen molar-refractivity contribution in [3.8, 4) is 0 Å². The lowest BCUT2D eigenvalue weighted by molar-refractivity contribution is 0.277. The SMILES string of the molecule is Cc1cc([C@H]2[C@@H](c3ccccn3)NC(=S)N2CCN(C)C)c(C)n1Cc1ccccc1. The van der Waals surface area contributed by atoms with Gasteiger partial charge in [0.1, 0.15) is 0 Å². The Kier molecular flexibility index (Phi) is 6.39. The number of aromatic nitrogens is 2. The van der Waals surface area contributed by atoms with Crippen LogP contribution in [0.4, 0.5) is 0 Å². The highest BCUT2D eigenvalue weighted by atomic mass is 32.1. The van der Waals surface area contributed by atoms with Crippen molar-refractivity contribution in [2.75, 3.05) is 27.2 Å². The number of thiocarbonyl (C=S) groups is 1. The largest absolute Gasteiger partial charge is 0.352 e. The van der Waals surface area contributed by atoms with Crippen LogP contribution in [0.2, 0.25) is 0 Å². The molecule has 162 valence electrons. The van der Waals surface area contributed by atoms with Crippen LogP contribution in [0.15, 0.2) is 60.8 Å². The highest BCUT2D eigenvalue weighted by Crippen LogP contribution is 2.40. The minimum Gasteiger partial charge on any atom is -0.352 e.